The van der Waals surface area contributed by atoms with E-state index >= 15 is 0 Å². The molecule has 0 amide bonds. The van der Waals surface area contributed by atoms with Gasteiger partial charge < -0.3 is 4.42 Å². The molecule has 8 aromatic rings. The molecule has 0 aliphatic carbocycles. The predicted octanol–water partition coefficient (Wildman–Crippen LogP) is 10.2. The molecular formula is C34H20BrN3OS. The van der Waals surface area contributed by atoms with Crippen LogP contribution in [0.2, 0.25) is 0 Å². The zero-order valence-corrected chi connectivity index (χ0v) is 23.8. The van der Waals surface area contributed by atoms with Gasteiger partial charge in [-0.1, -0.05) is 82.7 Å². The van der Waals surface area contributed by atoms with Gasteiger partial charge in [-0.2, -0.15) is 0 Å². The van der Waals surface area contributed by atoms with Gasteiger partial charge in [-0.3, -0.25) is 0 Å². The molecule has 0 saturated carbocycles. The van der Waals surface area contributed by atoms with Crippen LogP contribution in [0.4, 0.5) is 0 Å². The van der Waals surface area contributed by atoms with Gasteiger partial charge in [0.2, 0.25) is 0 Å². The molecule has 0 spiro atoms. The van der Waals surface area contributed by atoms with Crippen molar-refractivity contribution in [2.45, 2.75) is 6.92 Å². The summed E-state index contributed by atoms with van der Waals surface area (Å²) in [6.07, 6.45) is 0. The van der Waals surface area contributed by atoms with Gasteiger partial charge in [0.15, 0.2) is 17.5 Å². The van der Waals surface area contributed by atoms with Crippen LogP contribution in [0.1, 0.15) is 5.56 Å². The fraction of sp³-hybridized carbons (Fsp3) is 0.0294. The minimum Gasteiger partial charge on any atom is -0.456 e. The van der Waals surface area contributed by atoms with Crippen molar-refractivity contribution in [3.05, 3.63) is 113 Å². The van der Waals surface area contributed by atoms with Crippen molar-refractivity contribution >= 4 is 69.4 Å². The summed E-state index contributed by atoms with van der Waals surface area (Å²) in [5.74, 6) is 1.93. The van der Waals surface area contributed by atoms with Gasteiger partial charge in [0.05, 0.1) is 0 Å². The molecule has 0 radical (unpaired) electrons. The molecule has 6 heteroatoms. The third-order valence-electron chi connectivity index (χ3n) is 7.34. The minimum atomic E-state index is 0.635. The molecule has 0 saturated heterocycles. The molecule has 0 N–H and O–H groups in total. The highest BCUT2D eigenvalue weighted by Gasteiger charge is 2.21. The first-order valence-electron chi connectivity index (χ1n) is 13.0. The number of nitrogens with zero attached hydrogens (tertiary/aromatic N) is 3. The number of hydrogen-bond acceptors (Lipinski definition) is 5. The van der Waals surface area contributed by atoms with Crippen molar-refractivity contribution in [1.82, 2.24) is 15.0 Å². The van der Waals surface area contributed by atoms with Crippen molar-refractivity contribution in [1.29, 1.82) is 0 Å². The Morgan fingerprint density at radius 2 is 1.43 bits per heavy atom. The summed E-state index contributed by atoms with van der Waals surface area (Å²) in [7, 11) is 0. The first-order chi connectivity index (χ1) is 19.6. The second-order valence-electron chi connectivity index (χ2n) is 9.82. The van der Waals surface area contributed by atoms with E-state index in [9.17, 15) is 0 Å². The van der Waals surface area contributed by atoms with Gasteiger partial charge >= 0.3 is 0 Å². The summed E-state index contributed by atoms with van der Waals surface area (Å²) in [4.78, 5) is 15.3. The first kappa shape index (κ1) is 23.5. The van der Waals surface area contributed by atoms with Crippen LogP contribution in [0.15, 0.2) is 112 Å². The molecular weight excluding hydrogens is 578 g/mol. The second kappa shape index (κ2) is 9.08. The molecule has 0 bridgehead atoms. The van der Waals surface area contributed by atoms with Crippen molar-refractivity contribution in [2.75, 3.05) is 0 Å². The van der Waals surface area contributed by atoms with Crippen LogP contribution in [-0.4, -0.2) is 15.0 Å². The Balaban J connectivity index is 1.48. The fourth-order valence-electron chi connectivity index (χ4n) is 5.52. The van der Waals surface area contributed by atoms with E-state index in [0.29, 0.717) is 17.5 Å². The summed E-state index contributed by atoms with van der Waals surface area (Å²) >= 11 is 5.45. The van der Waals surface area contributed by atoms with E-state index in [1.807, 2.05) is 54.6 Å². The average Bonchev–Trinajstić information content (AvgIpc) is 3.55. The molecule has 0 atom stereocenters. The van der Waals surface area contributed by atoms with Gasteiger partial charge in [0.1, 0.15) is 11.2 Å². The van der Waals surface area contributed by atoms with E-state index in [1.165, 1.54) is 14.8 Å². The van der Waals surface area contributed by atoms with E-state index in [0.717, 1.165) is 54.1 Å². The van der Waals surface area contributed by atoms with Gasteiger partial charge in [-0.15, -0.1) is 11.3 Å². The maximum atomic E-state index is 6.23. The van der Waals surface area contributed by atoms with Crippen molar-refractivity contribution in [3.63, 3.8) is 0 Å². The predicted molar refractivity (Wildman–Crippen MR) is 169 cm³/mol. The SMILES string of the molecule is Cc1ccc2oc3ccccc3c2c1-c1nc(-c2ccccc2)nc(-c2cccc3sc4ccc(Br)cc4c23)n1. The molecule has 5 aromatic carbocycles. The lowest BCUT2D eigenvalue weighted by Gasteiger charge is -2.12. The zero-order chi connectivity index (χ0) is 26.8. The summed E-state index contributed by atoms with van der Waals surface area (Å²) in [6.45, 7) is 2.10. The lowest BCUT2D eigenvalue weighted by atomic mass is 10.00. The van der Waals surface area contributed by atoms with Gasteiger partial charge in [-0.25, -0.2) is 15.0 Å². The number of hydrogen-bond donors (Lipinski definition) is 0. The third kappa shape index (κ3) is 3.68. The molecule has 8 rings (SSSR count). The summed E-state index contributed by atoms with van der Waals surface area (Å²) in [5.41, 5.74) is 5.65. The Kier molecular flexibility index (Phi) is 5.33. The highest BCUT2D eigenvalue weighted by atomic mass is 79.9. The molecule has 4 nitrogen and oxygen atoms in total. The largest absolute Gasteiger partial charge is 0.456 e. The van der Waals surface area contributed by atoms with Crippen LogP contribution >= 0.6 is 27.3 Å². The van der Waals surface area contributed by atoms with Crippen LogP contribution in [0.5, 0.6) is 0 Å². The second-order valence-corrected chi connectivity index (χ2v) is 11.8. The van der Waals surface area contributed by atoms with Crippen LogP contribution in [0, 0.1) is 6.92 Å². The molecule has 0 aliphatic rings. The van der Waals surface area contributed by atoms with Crippen molar-refractivity contribution < 1.29 is 4.42 Å². The van der Waals surface area contributed by atoms with E-state index in [1.54, 1.807) is 11.3 Å². The Labute approximate surface area is 242 Å². The minimum absolute atomic E-state index is 0.635. The molecule has 190 valence electrons. The quantitative estimate of drug-likeness (QED) is 0.203. The number of furan rings is 1. The number of benzene rings is 5. The smallest absolute Gasteiger partial charge is 0.165 e. The van der Waals surface area contributed by atoms with Gasteiger partial charge in [0.25, 0.3) is 0 Å². The first-order valence-corrected chi connectivity index (χ1v) is 14.6. The van der Waals surface area contributed by atoms with Crippen LogP contribution in [0.25, 0.3) is 76.3 Å². The molecule has 3 heterocycles. The topological polar surface area (TPSA) is 51.8 Å². The number of para-hydroxylation sites is 1. The van der Waals surface area contributed by atoms with E-state index < -0.39 is 0 Å². The summed E-state index contributed by atoms with van der Waals surface area (Å²) in [6, 6.07) is 35.2. The van der Waals surface area contributed by atoms with E-state index in [-0.39, 0.29) is 0 Å². The Bertz CT molecular complexity index is 2250. The van der Waals surface area contributed by atoms with Crippen LogP contribution < -0.4 is 0 Å². The maximum Gasteiger partial charge on any atom is 0.165 e. The average molecular weight is 599 g/mol. The molecule has 40 heavy (non-hydrogen) atoms. The Morgan fingerprint density at radius 1 is 0.625 bits per heavy atom. The van der Waals surface area contributed by atoms with Crippen LogP contribution in [0.3, 0.4) is 0 Å². The lowest BCUT2D eigenvalue weighted by molar-refractivity contribution is 0.669. The summed E-state index contributed by atoms with van der Waals surface area (Å²) < 4.78 is 9.71. The number of rotatable bonds is 3. The zero-order valence-electron chi connectivity index (χ0n) is 21.4. The summed E-state index contributed by atoms with van der Waals surface area (Å²) in [5, 5.41) is 4.42. The molecule has 0 fully saturated rings. The highest BCUT2D eigenvalue weighted by Crippen LogP contribution is 2.42. The van der Waals surface area contributed by atoms with Gasteiger partial charge in [0, 0.05) is 52.1 Å². The monoisotopic (exact) mass is 597 g/mol. The molecule has 0 unspecified atom stereocenters. The van der Waals surface area contributed by atoms with Crippen molar-refractivity contribution in [3.8, 4) is 34.2 Å². The number of aryl methyl sites for hydroxylation is 1. The lowest BCUT2D eigenvalue weighted by Crippen LogP contribution is -2.01. The number of fused-ring (bicyclic) bond motifs is 6. The number of halogens is 1. The Morgan fingerprint density at radius 3 is 2.33 bits per heavy atom. The normalized spacial score (nSPS) is 11.8. The molecule has 0 aliphatic heterocycles. The van der Waals surface area contributed by atoms with Crippen LogP contribution in [-0.2, 0) is 0 Å². The fourth-order valence-corrected chi connectivity index (χ4v) is 6.99. The maximum absolute atomic E-state index is 6.23. The standard InChI is InChI=1S/C34H20BrN3OS/c1-19-14-16-26-31(22-10-5-6-12-25(22)39-26)29(19)34-37-32(20-8-3-2-4-9-20)36-33(38-34)23-11-7-13-28-30(23)24-18-21(35)15-17-27(24)40-28/h2-18H,1H3. The van der Waals surface area contributed by atoms with E-state index in [2.05, 4.69) is 71.4 Å². The third-order valence-corrected chi connectivity index (χ3v) is 8.97. The number of thiophene rings is 1. The van der Waals surface area contributed by atoms with Gasteiger partial charge in [-0.05, 0) is 48.9 Å². The molecule has 3 aromatic heterocycles. The highest BCUT2D eigenvalue weighted by molar-refractivity contribution is 9.10. The van der Waals surface area contributed by atoms with E-state index in [4.69, 9.17) is 19.4 Å². The van der Waals surface area contributed by atoms with Crippen molar-refractivity contribution in [2.24, 2.45) is 0 Å². The number of aromatic nitrogens is 3. The Hall–Kier alpha value is -4.39.